The summed E-state index contributed by atoms with van der Waals surface area (Å²) in [5.41, 5.74) is 0.489. The zero-order chi connectivity index (χ0) is 14.6. The zero-order valence-electron chi connectivity index (χ0n) is 10.7. The maximum Gasteiger partial charge on any atom is 0.147 e. The van der Waals surface area contributed by atoms with Gasteiger partial charge in [0, 0.05) is 22.9 Å². The quantitative estimate of drug-likeness (QED) is 0.644. The summed E-state index contributed by atoms with van der Waals surface area (Å²) in [4.78, 5) is 0. The highest BCUT2D eigenvalue weighted by Crippen LogP contribution is 2.32. The number of nitrogens with one attached hydrogen (secondary N) is 1. The molecule has 0 amide bonds. The first-order valence-corrected chi connectivity index (χ1v) is 8.58. The van der Waals surface area contributed by atoms with E-state index in [-0.39, 0.29) is 16.8 Å². The Morgan fingerprint density at radius 3 is 2.58 bits per heavy atom. The van der Waals surface area contributed by atoms with Crippen LogP contribution in [0.1, 0.15) is 24.9 Å². The van der Waals surface area contributed by atoms with E-state index in [0.717, 1.165) is 0 Å². The molecule has 3 nitrogen and oxygen atoms in total. The molecule has 0 heterocycles. The minimum atomic E-state index is -2.96. The van der Waals surface area contributed by atoms with Crippen LogP contribution in [-0.2, 0) is 9.84 Å². The molecule has 1 atom stereocenters. The summed E-state index contributed by atoms with van der Waals surface area (Å²) >= 11 is 11.9. The molecule has 108 valence electrons. The van der Waals surface area contributed by atoms with Crippen LogP contribution in [-0.4, -0.2) is 27.0 Å². The molecule has 0 aliphatic rings. The monoisotopic (exact) mass is 327 g/mol. The molecule has 0 radical (unpaired) electrons. The number of benzene rings is 1. The summed E-state index contributed by atoms with van der Waals surface area (Å²) in [5, 5.41) is 3.46. The third kappa shape index (κ3) is 5.26. The van der Waals surface area contributed by atoms with Crippen LogP contribution in [0.3, 0.4) is 0 Å². The Kier molecular flexibility index (Phi) is 6.05. The molecule has 0 aliphatic carbocycles. The maximum atomic E-state index is 13.4. The molecule has 0 saturated heterocycles. The van der Waals surface area contributed by atoms with Crippen LogP contribution in [0.4, 0.5) is 4.39 Å². The summed E-state index contributed by atoms with van der Waals surface area (Å²) in [6.45, 7) is 2.28. The lowest BCUT2D eigenvalue weighted by molar-refractivity contribution is 0.556. The normalized spacial score (nSPS) is 13.5. The van der Waals surface area contributed by atoms with E-state index in [4.69, 9.17) is 23.2 Å². The first kappa shape index (κ1) is 16.7. The van der Waals surface area contributed by atoms with Crippen LogP contribution in [0.2, 0.25) is 10.0 Å². The first-order chi connectivity index (χ1) is 8.72. The van der Waals surface area contributed by atoms with Crippen molar-refractivity contribution in [3.63, 3.8) is 0 Å². The average molecular weight is 328 g/mol. The van der Waals surface area contributed by atoms with Gasteiger partial charge in [0.25, 0.3) is 0 Å². The van der Waals surface area contributed by atoms with E-state index in [2.05, 4.69) is 5.32 Å². The van der Waals surface area contributed by atoms with Gasteiger partial charge in [0.1, 0.15) is 15.7 Å². The molecule has 0 saturated carbocycles. The first-order valence-electron chi connectivity index (χ1n) is 5.77. The molecular formula is C12H16Cl2FNO2S. The fourth-order valence-corrected chi connectivity index (χ4v) is 3.06. The Labute approximate surface area is 123 Å². The lowest BCUT2D eigenvalue weighted by Gasteiger charge is -2.17. The lowest BCUT2D eigenvalue weighted by Crippen LogP contribution is -2.22. The minimum absolute atomic E-state index is 0.00406. The minimum Gasteiger partial charge on any atom is -0.310 e. The Hall–Kier alpha value is -0.360. The molecular weight excluding hydrogens is 312 g/mol. The van der Waals surface area contributed by atoms with Gasteiger partial charge in [0.15, 0.2) is 0 Å². The largest absolute Gasteiger partial charge is 0.310 e. The molecule has 1 unspecified atom stereocenters. The van der Waals surface area contributed by atoms with Gasteiger partial charge in [-0.15, -0.1) is 0 Å². The molecule has 1 N–H and O–H groups in total. The highest BCUT2D eigenvalue weighted by molar-refractivity contribution is 7.90. The average Bonchev–Trinajstić information content (AvgIpc) is 2.29. The second kappa shape index (κ2) is 6.88. The van der Waals surface area contributed by atoms with Crippen molar-refractivity contribution in [1.82, 2.24) is 5.32 Å². The van der Waals surface area contributed by atoms with Crippen molar-refractivity contribution in [2.45, 2.75) is 19.4 Å². The van der Waals surface area contributed by atoms with Crippen molar-refractivity contribution in [3.8, 4) is 0 Å². The van der Waals surface area contributed by atoms with Crippen LogP contribution in [0.15, 0.2) is 12.1 Å². The SMILES string of the molecule is CC(NCCCS(C)(=O)=O)c1c(Cl)ccc(F)c1Cl. The van der Waals surface area contributed by atoms with Crippen molar-refractivity contribution in [2.24, 2.45) is 0 Å². The number of sulfone groups is 1. The molecule has 7 heteroatoms. The van der Waals surface area contributed by atoms with E-state index in [1.165, 1.54) is 18.4 Å². The van der Waals surface area contributed by atoms with Crippen molar-refractivity contribution in [3.05, 3.63) is 33.6 Å². The predicted molar refractivity (Wildman–Crippen MR) is 77.2 cm³/mol. The highest BCUT2D eigenvalue weighted by atomic mass is 35.5. The number of hydrogen-bond acceptors (Lipinski definition) is 3. The summed E-state index contributed by atoms with van der Waals surface area (Å²) in [6.07, 6.45) is 1.67. The van der Waals surface area contributed by atoms with Crippen LogP contribution in [0.5, 0.6) is 0 Å². The zero-order valence-corrected chi connectivity index (χ0v) is 13.0. The van der Waals surface area contributed by atoms with Gasteiger partial charge in [-0.25, -0.2) is 12.8 Å². The predicted octanol–water partition coefficient (Wildman–Crippen LogP) is 3.22. The third-order valence-electron chi connectivity index (χ3n) is 2.65. The maximum absolute atomic E-state index is 13.4. The Balaban J connectivity index is 2.64. The van der Waals surface area contributed by atoms with Gasteiger partial charge in [-0.2, -0.15) is 0 Å². The van der Waals surface area contributed by atoms with Crippen LogP contribution in [0.25, 0.3) is 0 Å². The lowest BCUT2D eigenvalue weighted by atomic mass is 10.1. The standard InChI is InChI=1S/C12H16Cl2FNO2S/c1-8(16-6-3-7-19(2,17)18)11-9(13)4-5-10(15)12(11)14/h4-5,8,16H,3,6-7H2,1-2H3. The van der Waals surface area contributed by atoms with Crippen LogP contribution < -0.4 is 5.32 Å². The summed E-state index contributed by atoms with van der Waals surface area (Å²) in [6, 6.07) is 2.41. The molecule has 1 aromatic rings. The van der Waals surface area contributed by atoms with Gasteiger partial charge < -0.3 is 5.32 Å². The Bertz CT molecular complexity index is 549. The highest BCUT2D eigenvalue weighted by Gasteiger charge is 2.16. The number of halogens is 3. The molecule has 0 spiro atoms. The van der Waals surface area contributed by atoms with E-state index in [0.29, 0.717) is 23.6 Å². The Morgan fingerprint density at radius 2 is 2.00 bits per heavy atom. The van der Waals surface area contributed by atoms with Crippen molar-refractivity contribution < 1.29 is 12.8 Å². The van der Waals surface area contributed by atoms with Gasteiger partial charge in [-0.3, -0.25) is 0 Å². The van der Waals surface area contributed by atoms with E-state index >= 15 is 0 Å². The van der Waals surface area contributed by atoms with Crippen molar-refractivity contribution >= 4 is 33.0 Å². The second-order valence-electron chi connectivity index (χ2n) is 4.42. The summed E-state index contributed by atoms with van der Waals surface area (Å²) in [7, 11) is -2.96. The fraction of sp³-hybridized carbons (Fsp3) is 0.500. The number of rotatable bonds is 6. The van der Waals surface area contributed by atoms with E-state index < -0.39 is 15.7 Å². The smallest absolute Gasteiger partial charge is 0.147 e. The topological polar surface area (TPSA) is 46.2 Å². The van der Waals surface area contributed by atoms with Gasteiger partial charge in [0.2, 0.25) is 0 Å². The van der Waals surface area contributed by atoms with Gasteiger partial charge in [-0.05, 0) is 32.0 Å². The third-order valence-corrected chi connectivity index (χ3v) is 4.40. The molecule has 0 aromatic heterocycles. The Morgan fingerprint density at radius 1 is 1.37 bits per heavy atom. The molecule has 19 heavy (non-hydrogen) atoms. The molecule has 0 aliphatic heterocycles. The van der Waals surface area contributed by atoms with Crippen LogP contribution in [0, 0.1) is 5.82 Å². The van der Waals surface area contributed by atoms with E-state index in [9.17, 15) is 12.8 Å². The second-order valence-corrected chi connectivity index (χ2v) is 7.46. The molecule has 0 bridgehead atoms. The van der Waals surface area contributed by atoms with E-state index in [1.807, 2.05) is 0 Å². The number of hydrogen-bond donors (Lipinski definition) is 1. The summed E-state index contributed by atoms with van der Waals surface area (Å²) < 4.78 is 35.3. The van der Waals surface area contributed by atoms with E-state index in [1.54, 1.807) is 6.92 Å². The van der Waals surface area contributed by atoms with Gasteiger partial charge in [-0.1, -0.05) is 23.2 Å². The molecule has 1 aromatic carbocycles. The summed E-state index contributed by atoms with van der Waals surface area (Å²) in [5.74, 6) is -0.414. The molecule has 0 fully saturated rings. The van der Waals surface area contributed by atoms with Crippen LogP contribution >= 0.6 is 23.2 Å². The van der Waals surface area contributed by atoms with Crippen molar-refractivity contribution in [2.75, 3.05) is 18.6 Å². The molecule has 1 rings (SSSR count). The van der Waals surface area contributed by atoms with Crippen molar-refractivity contribution in [1.29, 1.82) is 0 Å². The van der Waals surface area contributed by atoms with Gasteiger partial charge >= 0.3 is 0 Å². The fourth-order valence-electron chi connectivity index (χ4n) is 1.69. The van der Waals surface area contributed by atoms with Gasteiger partial charge in [0.05, 0.1) is 10.8 Å².